The third-order valence-corrected chi connectivity index (χ3v) is 4.63. The van der Waals surface area contributed by atoms with Crippen molar-refractivity contribution in [2.24, 2.45) is 0 Å². The van der Waals surface area contributed by atoms with Crippen LogP contribution in [0.3, 0.4) is 0 Å². The van der Waals surface area contributed by atoms with Crippen LogP contribution >= 0.6 is 0 Å². The molecule has 1 amide bonds. The number of nitrogens with zero attached hydrogens (tertiary/aromatic N) is 1. The molecule has 1 N–H and O–H groups in total. The summed E-state index contributed by atoms with van der Waals surface area (Å²) in [6.07, 6.45) is 6.01. The monoisotopic (exact) mass is 378 g/mol. The van der Waals surface area contributed by atoms with Gasteiger partial charge >= 0.3 is 6.09 Å². The van der Waals surface area contributed by atoms with Crippen molar-refractivity contribution in [3.63, 3.8) is 0 Å². The molecule has 1 saturated heterocycles. The number of carbonyl (C=O) groups is 1. The van der Waals surface area contributed by atoms with Gasteiger partial charge in [-0.05, 0) is 38.3 Å². The largest absolute Gasteiger partial charge is 0.491 e. The molecule has 1 aromatic carbocycles. The van der Waals surface area contributed by atoms with Crippen molar-refractivity contribution in [2.75, 3.05) is 38.2 Å². The zero-order valence-electron chi connectivity index (χ0n) is 16.7. The van der Waals surface area contributed by atoms with Crippen molar-refractivity contribution < 1.29 is 19.0 Å². The van der Waals surface area contributed by atoms with Crippen molar-refractivity contribution in [2.45, 2.75) is 58.6 Å². The van der Waals surface area contributed by atoms with E-state index in [1.807, 2.05) is 31.2 Å². The zero-order chi connectivity index (χ0) is 19.3. The van der Waals surface area contributed by atoms with E-state index >= 15 is 0 Å². The molecule has 1 fully saturated rings. The highest BCUT2D eigenvalue weighted by molar-refractivity contribution is 5.86. The lowest BCUT2D eigenvalue weighted by Gasteiger charge is -2.27. The molecule has 152 valence electrons. The van der Waals surface area contributed by atoms with Gasteiger partial charge in [0.15, 0.2) is 6.23 Å². The Balaban J connectivity index is 1.87. The van der Waals surface area contributed by atoms with Crippen LogP contribution in [0.25, 0.3) is 0 Å². The maximum Gasteiger partial charge on any atom is 0.413 e. The summed E-state index contributed by atoms with van der Waals surface area (Å²) >= 11 is 0. The first-order valence-electron chi connectivity index (χ1n) is 10.3. The smallest absolute Gasteiger partial charge is 0.413 e. The van der Waals surface area contributed by atoms with Crippen molar-refractivity contribution in [3.05, 3.63) is 24.3 Å². The molecule has 1 aliphatic heterocycles. The fourth-order valence-corrected chi connectivity index (χ4v) is 3.13. The molecular formula is C21H34N2O4. The summed E-state index contributed by atoms with van der Waals surface area (Å²) in [4.78, 5) is 14.6. The molecule has 1 unspecified atom stereocenters. The molecule has 1 atom stereocenters. The predicted molar refractivity (Wildman–Crippen MR) is 107 cm³/mol. The molecule has 0 aliphatic carbocycles. The number of benzene rings is 1. The van der Waals surface area contributed by atoms with E-state index in [0.717, 1.165) is 38.8 Å². The molecule has 0 radical (unpaired) electrons. The van der Waals surface area contributed by atoms with E-state index in [2.05, 4.69) is 17.1 Å². The van der Waals surface area contributed by atoms with Gasteiger partial charge in [-0.15, -0.1) is 0 Å². The third-order valence-electron chi connectivity index (χ3n) is 4.63. The van der Waals surface area contributed by atoms with Crippen LogP contribution in [-0.4, -0.2) is 50.1 Å². The van der Waals surface area contributed by atoms with E-state index in [-0.39, 0.29) is 6.23 Å². The minimum absolute atomic E-state index is 0.352. The quantitative estimate of drug-likeness (QED) is 0.536. The molecule has 0 bridgehead atoms. The van der Waals surface area contributed by atoms with Crippen LogP contribution in [0.2, 0.25) is 0 Å². The number of likely N-dealkylation sites (tertiary alicyclic amines) is 1. The van der Waals surface area contributed by atoms with Gasteiger partial charge in [0.25, 0.3) is 0 Å². The van der Waals surface area contributed by atoms with Crippen LogP contribution in [0.1, 0.15) is 52.4 Å². The zero-order valence-corrected chi connectivity index (χ0v) is 16.7. The molecular weight excluding hydrogens is 344 g/mol. The lowest BCUT2D eigenvalue weighted by atomic mass is 10.2. The Morgan fingerprint density at radius 3 is 2.67 bits per heavy atom. The third kappa shape index (κ3) is 7.77. The van der Waals surface area contributed by atoms with E-state index in [4.69, 9.17) is 14.2 Å². The minimum atomic E-state index is -0.478. The number of hydrogen-bond acceptors (Lipinski definition) is 5. The van der Waals surface area contributed by atoms with Gasteiger partial charge in [0.05, 0.1) is 18.9 Å². The SMILES string of the molecule is CCCCCCOc1ccccc1NC(=O)OC(COCC)N1CCCC1. The molecule has 0 aromatic heterocycles. The van der Waals surface area contributed by atoms with Crippen LogP contribution in [0.4, 0.5) is 10.5 Å². The Morgan fingerprint density at radius 2 is 1.93 bits per heavy atom. The Morgan fingerprint density at radius 1 is 1.15 bits per heavy atom. The van der Waals surface area contributed by atoms with Crippen molar-refractivity contribution in [1.29, 1.82) is 0 Å². The number of para-hydroxylation sites is 2. The molecule has 1 aromatic rings. The number of amides is 1. The maximum atomic E-state index is 12.4. The van der Waals surface area contributed by atoms with Gasteiger partial charge in [-0.2, -0.15) is 0 Å². The summed E-state index contributed by atoms with van der Waals surface area (Å²) < 4.78 is 17.0. The number of ether oxygens (including phenoxy) is 3. The van der Waals surface area contributed by atoms with Crippen LogP contribution < -0.4 is 10.1 Å². The van der Waals surface area contributed by atoms with E-state index in [1.54, 1.807) is 0 Å². The van der Waals surface area contributed by atoms with Crippen molar-refractivity contribution >= 4 is 11.8 Å². The maximum absolute atomic E-state index is 12.4. The van der Waals surface area contributed by atoms with Gasteiger partial charge < -0.3 is 14.2 Å². The second-order valence-electron chi connectivity index (χ2n) is 6.79. The van der Waals surface area contributed by atoms with E-state index in [1.165, 1.54) is 12.8 Å². The van der Waals surface area contributed by atoms with Gasteiger partial charge in [0.1, 0.15) is 5.75 Å². The first-order chi connectivity index (χ1) is 13.2. The topological polar surface area (TPSA) is 60.0 Å². The summed E-state index contributed by atoms with van der Waals surface area (Å²) in [5.74, 6) is 0.675. The number of carbonyl (C=O) groups excluding carboxylic acids is 1. The lowest BCUT2D eigenvalue weighted by Crippen LogP contribution is -2.41. The second kappa shape index (κ2) is 12.6. The van der Waals surface area contributed by atoms with Gasteiger partial charge in [0, 0.05) is 19.7 Å². The van der Waals surface area contributed by atoms with Crippen LogP contribution in [0.5, 0.6) is 5.75 Å². The highest BCUT2D eigenvalue weighted by atomic mass is 16.6. The van der Waals surface area contributed by atoms with Crippen molar-refractivity contribution in [1.82, 2.24) is 4.90 Å². The van der Waals surface area contributed by atoms with Gasteiger partial charge in [-0.1, -0.05) is 38.3 Å². The van der Waals surface area contributed by atoms with Crippen LogP contribution in [0, 0.1) is 0 Å². The summed E-state index contributed by atoms with van der Waals surface area (Å²) in [6, 6.07) is 7.47. The Hall–Kier alpha value is -1.79. The highest BCUT2D eigenvalue weighted by Gasteiger charge is 2.25. The fraction of sp³-hybridized carbons (Fsp3) is 0.667. The average Bonchev–Trinajstić information content (AvgIpc) is 3.21. The van der Waals surface area contributed by atoms with Gasteiger partial charge in [0.2, 0.25) is 0 Å². The Bertz CT molecular complexity index is 547. The molecule has 1 heterocycles. The van der Waals surface area contributed by atoms with Crippen LogP contribution in [-0.2, 0) is 9.47 Å². The molecule has 6 nitrogen and oxygen atoms in total. The second-order valence-corrected chi connectivity index (χ2v) is 6.79. The number of nitrogens with one attached hydrogen (secondary N) is 1. The first kappa shape index (κ1) is 21.5. The fourth-order valence-electron chi connectivity index (χ4n) is 3.13. The predicted octanol–water partition coefficient (Wildman–Crippen LogP) is 4.65. The van der Waals surface area contributed by atoms with Crippen molar-refractivity contribution in [3.8, 4) is 5.75 Å². The summed E-state index contributed by atoms with van der Waals surface area (Å²) in [6.45, 7) is 7.63. The lowest BCUT2D eigenvalue weighted by molar-refractivity contribution is -0.0507. The van der Waals surface area contributed by atoms with Gasteiger partial charge in [-0.25, -0.2) is 4.79 Å². The Kier molecular flexibility index (Phi) is 10.0. The number of unbranched alkanes of at least 4 members (excludes halogenated alkanes) is 3. The number of hydrogen-bond donors (Lipinski definition) is 1. The molecule has 27 heavy (non-hydrogen) atoms. The highest BCUT2D eigenvalue weighted by Crippen LogP contribution is 2.24. The number of anilines is 1. The summed E-state index contributed by atoms with van der Waals surface area (Å²) in [5.41, 5.74) is 0.634. The van der Waals surface area contributed by atoms with E-state index in [9.17, 15) is 4.79 Å². The van der Waals surface area contributed by atoms with Crippen LogP contribution in [0.15, 0.2) is 24.3 Å². The first-order valence-corrected chi connectivity index (χ1v) is 10.3. The van der Waals surface area contributed by atoms with E-state index in [0.29, 0.717) is 31.3 Å². The molecule has 2 rings (SSSR count). The molecule has 0 saturated carbocycles. The summed E-state index contributed by atoms with van der Waals surface area (Å²) in [7, 11) is 0. The van der Waals surface area contributed by atoms with Gasteiger partial charge in [-0.3, -0.25) is 10.2 Å². The standard InChI is InChI=1S/C21H34N2O4/c1-3-5-6-11-16-26-19-13-8-7-12-18(19)22-21(24)27-20(17-25-4-2)23-14-9-10-15-23/h7-8,12-13,20H,3-6,9-11,14-17H2,1-2H3,(H,22,24). The number of rotatable bonds is 12. The normalized spacial score (nSPS) is 15.5. The molecule has 1 aliphatic rings. The van der Waals surface area contributed by atoms with E-state index < -0.39 is 6.09 Å². The minimum Gasteiger partial charge on any atom is -0.491 e. The summed E-state index contributed by atoms with van der Waals surface area (Å²) in [5, 5.41) is 2.82. The molecule has 0 spiro atoms. The Labute approximate surface area is 163 Å². The average molecular weight is 379 g/mol. The molecule has 6 heteroatoms.